The highest BCUT2D eigenvalue weighted by molar-refractivity contribution is 5.75. The van der Waals surface area contributed by atoms with Gasteiger partial charge in [0.25, 0.3) is 0 Å². The largest absolute Gasteiger partial charge is 0.344 e. The SMILES string of the molecule is CCCCCC(=O)N(C)CCNC. The predicted octanol–water partition coefficient (Wildman–Crippen LogP) is 1.24. The van der Waals surface area contributed by atoms with Crippen LogP contribution in [-0.2, 0) is 4.79 Å². The second-order valence-electron chi connectivity index (χ2n) is 3.38. The zero-order valence-electron chi connectivity index (χ0n) is 9.10. The average molecular weight is 186 g/mol. The fraction of sp³-hybridized carbons (Fsp3) is 0.900. The fourth-order valence-electron chi connectivity index (χ4n) is 1.12. The van der Waals surface area contributed by atoms with Crippen molar-refractivity contribution in [3.8, 4) is 0 Å². The molecule has 78 valence electrons. The molecule has 0 aliphatic carbocycles. The third-order valence-electron chi connectivity index (χ3n) is 2.12. The summed E-state index contributed by atoms with van der Waals surface area (Å²) in [5, 5.41) is 3.03. The minimum Gasteiger partial charge on any atom is -0.344 e. The molecule has 0 bridgehead atoms. The van der Waals surface area contributed by atoms with Crippen LogP contribution in [0.15, 0.2) is 0 Å². The predicted molar refractivity (Wildman–Crippen MR) is 55.7 cm³/mol. The molecule has 0 saturated carbocycles. The lowest BCUT2D eigenvalue weighted by Crippen LogP contribution is -2.32. The van der Waals surface area contributed by atoms with Crippen LogP contribution in [0, 0.1) is 0 Å². The standard InChI is InChI=1S/C10H22N2O/c1-4-5-6-7-10(13)12(3)9-8-11-2/h11H,4-9H2,1-3H3. The van der Waals surface area contributed by atoms with Gasteiger partial charge in [-0.3, -0.25) is 4.79 Å². The van der Waals surface area contributed by atoms with Gasteiger partial charge in [-0.05, 0) is 13.5 Å². The maximum Gasteiger partial charge on any atom is 0.222 e. The number of hydrogen-bond donors (Lipinski definition) is 1. The zero-order valence-corrected chi connectivity index (χ0v) is 9.10. The van der Waals surface area contributed by atoms with E-state index in [-0.39, 0.29) is 5.91 Å². The van der Waals surface area contributed by atoms with E-state index in [1.54, 1.807) is 4.90 Å². The third-order valence-corrected chi connectivity index (χ3v) is 2.12. The summed E-state index contributed by atoms with van der Waals surface area (Å²) in [6.07, 6.45) is 4.06. The summed E-state index contributed by atoms with van der Waals surface area (Å²) in [7, 11) is 3.76. The van der Waals surface area contributed by atoms with Crippen molar-refractivity contribution in [1.29, 1.82) is 0 Å². The molecule has 0 aromatic heterocycles. The normalized spacial score (nSPS) is 10.1. The summed E-state index contributed by atoms with van der Waals surface area (Å²) in [5.74, 6) is 0.267. The van der Waals surface area contributed by atoms with Crippen LogP contribution in [0.2, 0.25) is 0 Å². The highest BCUT2D eigenvalue weighted by Gasteiger charge is 2.06. The first-order chi connectivity index (χ1) is 6.22. The Hall–Kier alpha value is -0.570. The fourth-order valence-corrected chi connectivity index (χ4v) is 1.12. The molecule has 0 aromatic carbocycles. The van der Waals surface area contributed by atoms with Crippen molar-refractivity contribution >= 4 is 5.91 Å². The van der Waals surface area contributed by atoms with Gasteiger partial charge in [0, 0.05) is 26.6 Å². The van der Waals surface area contributed by atoms with E-state index >= 15 is 0 Å². The van der Waals surface area contributed by atoms with Crippen LogP contribution in [0.3, 0.4) is 0 Å². The highest BCUT2D eigenvalue weighted by Crippen LogP contribution is 2.01. The van der Waals surface area contributed by atoms with E-state index in [2.05, 4.69) is 12.2 Å². The van der Waals surface area contributed by atoms with Gasteiger partial charge in [0.15, 0.2) is 0 Å². The van der Waals surface area contributed by atoms with Crippen LogP contribution in [-0.4, -0.2) is 38.0 Å². The maximum absolute atomic E-state index is 11.4. The molecule has 0 rings (SSSR count). The molecule has 0 aliphatic heterocycles. The molecule has 0 radical (unpaired) electrons. The van der Waals surface area contributed by atoms with Crippen molar-refractivity contribution in [2.75, 3.05) is 27.2 Å². The van der Waals surface area contributed by atoms with Crippen LogP contribution in [0.1, 0.15) is 32.6 Å². The minimum atomic E-state index is 0.267. The number of unbranched alkanes of at least 4 members (excludes halogenated alkanes) is 2. The van der Waals surface area contributed by atoms with Crippen LogP contribution >= 0.6 is 0 Å². The van der Waals surface area contributed by atoms with Crippen LogP contribution in [0.4, 0.5) is 0 Å². The molecule has 0 heterocycles. The average Bonchev–Trinajstić information content (AvgIpc) is 2.14. The number of amides is 1. The Labute approximate surface area is 81.5 Å². The monoisotopic (exact) mass is 186 g/mol. The topological polar surface area (TPSA) is 32.3 Å². The first-order valence-electron chi connectivity index (χ1n) is 5.11. The van der Waals surface area contributed by atoms with E-state index in [1.807, 2.05) is 14.1 Å². The Morgan fingerprint density at radius 3 is 2.62 bits per heavy atom. The van der Waals surface area contributed by atoms with Gasteiger partial charge in [-0.1, -0.05) is 19.8 Å². The molecule has 0 saturated heterocycles. The van der Waals surface area contributed by atoms with Gasteiger partial charge in [0.05, 0.1) is 0 Å². The number of nitrogens with one attached hydrogen (secondary N) is 1. The van der Waals surface area contributed by atoms with Gasteiger partial charge >= 0.3 is 0 Å². The number of carbonyl (C=O) groups is 1. The molecule has 0 aliphatic rings. The van der Waals surface area contributed by atoms with Crippen molar-refractivity contribution in [2.45, 2.75) is 32.6 Å². The van der Waals surface area contributed by atoms with Crippen molar-refractivity contribution in [3.63, 3.8) is 0 Å². The van der Waals surface area contributed by atoms with Crippen molar-refractivity contribution in [1.82, 2.24) is 10.2 Å². The van der Waals surface area contributed by atoms with Gasteiger partial charge in [-0.25, -0.2) is 0 Å². The number of hydrogen-bond acceptors (Lipinski definition) is 2. The van der Waals surface area contributed by atoms with Crippen LogP contribution in [0.5, 0.6) is 0 Å². The molecule has 0 aromatic rings. The van der Waals surface area contributed by atoms with Gasteiger partial charge < -0.3 is 10.2 Å². The second-order valence-corrected chi connectivity index (χ2v) is 3.38. The molecule has 3 nitrogen and oxygen atoms in total. The Kier molecular flexibility index (Phi) is 7.69. The Morgan fingerprint density at radius 1 is 1.38 bits per heavy atom. The first kappa shape index (κ1) is 12.4. The molecule has 0 fully saturated rings. The lowest BCUT2D eigenvalue weighted by molar-refractivity contribution is -0.129. The lowest BCUT2D eigenvalue weighted by atomic mass is 10.2. The summed E-state index contributed by atoms with van der Waals surface area (Å²) in [5.41, 5.74) is 0. The smallest absolute Gasteiger partial charge is 0.222 e. The van der Waals surface area contributed by atoms with Crippen molar-refractivity contribution < 1.29 is 4.79 Å². The van der Waals surface area contributed by atoms with E-state index in [9.17, 15) is 4.79 Å². The molecule has 0 spiro atoms. The highest BCUT2D eigenvalue weighted by atomic mass is 16.2. The van der Waals surface area contributed by atoms with Crippen LogP contribution < -0.4 is 5.32 Å². The first-order valence-corrected chi connectivity index (χ1v) is 5.11. The number of nitrogens with zero attached hydrogens (tertiary/aromatic N) is 1. The summed E-state index contributed by atoms with van der Waals surface area (Å²) in [6.45, 7) is 3.83. The van der Waals surface area contributed by atoms with E-state index in [4.69, 9.17) is 0 Å². The summed E-state index contributed by atoms with van der Waals surface area (Å²) in [4.78, 5) is 13.2. The number of rotatable bonds is 7. The molecule has 0 atom stereocenters. The van der Waals surface area contributed by atoms with Crippen LogP contribution in [0.25, 0.3) is 0 Å². The molecule has 0 unspecified atom stereocenters. The van der Waals surface area contributed by atoms with Gasteiger partial charge in [0.1, 0.15) is 0 Å². The van der Waals surface area contributed by atoms with E-state index in [0.717, 1.165) is 25.9 Å². The van der Waals surface area contributed by atoms with Gasteiger partial charge in [-0.2, -0.15) is 0 Å². The second kappa shape index (κ2) is 8.05. The summed E-state index contributed by atoms with van der Waals surface area (Å²) < 4.78 is 0. The molecular formula is C10H22N2O. The van der Waals surface area contributed by atoms with E-state index in [1.165, 1.54) is 6.42 Å². The van der Waals surface area contributed by atoms with E-state index < -0.39 is 0 Å². The van der Waals surface area contributed by atoms with Crippen molar-refractivity contribution in [3.05, 3.63) is 0 Å². The Balaban J connectivity index is 3.45. The number of carbonyl (C=O) groups excluding carboxylic acids is 1. The maximum atomic E-state index is 11.4. The molecule has 3 heteroatoms. The Bertz CT molecular complexity index is 137. The molecule has 1 amide bonds. The molecular weight excluding hydrogens is 164 g/mol. The minimum absolute atomic E-state index is 0.267. The van der Waals surface area contributed by atoms with Crippen molar-refractivity contribution in [2.24, 2.45) is 0 Å². The molecule has 13 heavy (non-hydrogen) atoms. The lowest BCUT2D eigenvalue weighted by Gasteiger charge is -2.16. The molecule has 1 N–H and O–H groups in total. The quantitative estimate of drug-likeness (QED) is 0.607. The van der Waals surface area contributed by atoms with Gasteiger partial charge in [0.2, 0.25) is 5.91 Å². The third kappa shape index (κ3) is 6.58. The summed E-state index contributed by atoms with van der Waals surface area (Å²) in [6, 6.07) is 0. The zero-order chi connectivity index (χ0) is 10.1. The van der Waals surface area contributed by atoms with E-state index in [0.29, 0.717) is 6.42 Å². The summed E-state index contributed by atoms with van der Waals surface area (Å²) >= 11 is 0. The number of likely N-dealkylation sites (N-methyl/N-ethyl adjacent to an activating group) is 2. The Morgan fingerprint density at radius 2 is 2.08 bits per heavy atom. The van der Waals surface area contributed by atoms with Gasteiger partial charge in [-0.15, -0.1) is 0 Å².